The summed E-state index contributed by atoms with van der Waals surface area (Å²) in [5, 5.41) is 3.49. The van der Waals surface area contributed by atoms with Gasteiger partial charge in [0.25, 0.3) is 0 Å². The second-order valence-electron chi connectivity index (χ2n) is 7.31. The van der Waals surface area contributed by atoms with Gasteiger partial charge in [-0.1, -0.05) is 29.8 Å². The normalized spacial score (nSPS) is 11.9. The number of halogens is 3. The van der Waals surface area contributed by atoms with E-state index in [1.165, 1.54) is 18.0 Å². The molecule has 178 valence electrons. The number of rotatable bonds is 10. The van der Waals surface area contributed by atoms with Gasteiger partial charge in [-0.15, -0.1) is 0 Å². The van der Waals surface area contributed by atoms with Crippen LogP contribution in [0.1, 0.15) is 26.7 Å². The van der Waals surface area contributed by atoms with Gasteiger partial charge in [0.05, 0.1) is 21.4 Å². The zero-order valence-electron chi connectivity index (χ0n) is 18.8. The topological polar surface area (TPSA) is 69.8 Å². The molecular formula is C25H25BrClFN4OS. The molecule has 3 rings (SSSR count). The van der Waals surface area contributed by atoms with Gasteiger partial charge < -0.3 is 10.3 Å². The van der Waals surface area contributed by atoms with Crippen molar-refractivity contribution < 1.29 is 9.18 Å². The van der Waals surface area contributed by atoms with Gasteiger partial charge >= 0.3 is 0 Å². The van der Waals surface area contributed by atoms with Gasteiger partial charge in [-0.25, -0.2) is 9.37 Å². The van der Waals surface area contributed by atoms with E-state index in [1.807, 2.05) is 56.3 Å². The zero-order valence-corrected chi connectivity index (χ0v) is 22.0. The number of hydrogen-bond acceptors (Lipinski definition) is 4. The molecule has 0 saturated carbocycles. The molecule has 0 bridgehead atoms. The molecule has 34 heavy (non-hydrogen) atoms. The highest BCUT2D eigenvalue weighted by Gasteiger charge is 2.11. The molecule has 3 aromatic rings. The lowest BCUT2D eigenvalue weighted by atomic mass is 10.2. The van der Waals surface area contributed by atoms with Crippen LogP contribution in [0.3, 0.4) is 0 Å². The van der Waals surface area contributed by atoms with E-state index in [2.05, 4.69) is 35.9 Å². The molecule has 2 aromatic carbocycles. The monoisotopic (exact) mass is 562 g/mol. The van der Waals surface area contributed by atoms with E-state index in [0.29, 0.717) is 40.3 Å². The van der Waals surface area contributed by atoms with Crippen LogP contribution >= 0.6 is 39.5 Å². The van der Waals surface area contributed by atoms with Crippen molar-refractivity contribution >= 4 is 45.4 Å². The maximum absolute atomic E-state index is 13.9. The lowest BCUT2D eigenvalue weighted by molar-refractivity contribution is -0.120. The smallest absolute Gasteiger partial charge is 0.224 e. The van der Waals surface area contributed by atoms with Crippen molar-refractivity contribution in [3.05, 3.63) is 81.8 Å². The fourth-order valence-corrected chi connectivity index (χ4v) is 4.30. The molecule has 1 amide bonds. The number of carbonyl (C=O) groups excluding carboxylic acids is 1. The number of imidazole rings is 1. The summed E-state index contributed by atoms with van der Waals surface area (Å²) in [5.74, 6) is 0.314. The molecule has 0 aliphatic carbocycles. The Bertz CT molecular complexity index is 1210. The summed E-state index contributed by atoms with van der Waals surface area (Å²) < 4.78 is 17.6. The molecule has 0 atom stereocenters. The van der Waals surface area contributed by atoms with E-state index in [9.17, 15) is 9.18 Å². The van der Waals surface area contributed by atoms with Crippen LogP contribution in [0.4, 0.5) is 4.39 Å². The van der Waals surface area contributed by atoms with Gasteiger partial charge in [-0.05, 0) is 84.6 Å². The van der Waals surface area contributed by atoms with Gasteiger partial charge in [0.1, 0.15) is 11.6 Å². The molecule has 0 radical (unpaired) electrons. The third-order valence-corrected chi connectivity index (χ3v) is 6.81. The number of nitrogens with one attached hydrogen (secondary N) is 3. The first-order valence-corrected chi connectivity index (χ1v) is 12.7. The second kappa shape index (κ2) is 12.9. The van der Waals surface area contributed by atoms with Crippen LogP contribution in [0.5, 0.6) is 0 Å². The number of H-pyrrole nitrogens is 1. The van der Waals surface area contributed by atoms with E-state index in [4.69, 9.17) is 11.6 Å². The number of aromatic amines is 1. The van der Waals surface area contributed by atoms with Crippen LogP contribution in [-0.4, -0.2) is 22.4 Å². The summed E-state index contributed by atoms with van der Waals surface area (Å²) in [5.41, 5.74) is 3.09. The molecule has 1 aromatic heterocycles. The first-order valence-electron chi connectivity index (χ1n) is 10.7. The van der Waals surface area contributed by atoms with Crippen molar-refractivity contribution in [1.82, 2.24) is 20.0 Å². The minimum absolute atomic E-state index is 0.0164. The largest absolute Gasteiger partial charge is 0.338 e. The van der Waals surface area contributed by atoms with Gasteiger partial charge in [0.2, 0.25) is 5.91 Å². The summed E-state index contributed by atoms with van der Waals surface area (Å²) in [6, 6.07) is 10.6. The van der Waals surface area contributed by atoms with E-state index in [0.717, 1.165) is 21.8 Å². The molecule has 9 heteroatoms. The van der Waals surface area contributed by atoms with Crippen LogP contribution in [0.25, 0.3) is 22.6 Å². The Morgan fingerprint density at radius 3 is 2.76 bits per heavy atom. The number of nitrogens with zero attached hydrogens (tertiary/aromatic N) is 1. The standard InChI is InChI=1S/C25H25BrClFN4OS/c1-3-6-18(4-2)31-24(33)7-5-12-30-34-23-14-17(9-11-20(23)27)25-29-15-22(32-25)16-8-10-19(26)21(28)13-16/h3-4,6,8-11,13-15,30H,5,7,12H2,1-2H3,(H,29,32)(H,31,33)/b6-3-,18-4+. The van der Waals surface area contributed by atoms with Crippen LogP contribution in [0, 0.1) is 5.82 Å². The molecule has 0 aliphatic heterocycles. The van der Waals surface area contributed by atoms with Gasteiger partial charge in [0, 0.05) is 34.7 Å². The molecule has 5 nitrogen and oxygen atoms in total. The number of amides is 1. The fourth-order valence-electron chi connectivity index (χ4n) is 3.07. The number of aromatic nitrogens is 2. The van der Waals surface area contributed by atoms with Crippen molar-refractivity contribution in [2.24, 2.45) is 0 Å². The predicted molar refractivity (Wildman–Crippen MR) is 142 cm³/mol. The maximum Gasteiger partial charge on any atom is 0.224 e. The molecule has 1 heterocycles. The van der Waals surface area contributed by atoms with Crippen molar-refractivity contribution in [3.8, 4) is 22.6 Å². The van der Waals surface area contributed by atoms with E-state index in [1.54, 1.807) is 12.3 Å². The Labute approximate surface area is 216 Å². The Morgan fingerprint density at radius 2 is 2.03 bits per heavy atom. The highest BCUT2D eigenvalue weighted by Crippen LogP contribution is 2.31. The van der Waals surface area contributed by atoms with Crippen molar-refractivity contribution in [2.75, 3.05) is 6.54 Å². The SMILES string of the molecule is C/C=C\C(=C/C)NC(=O)CCCNSc1cc(-c2ncc(-c3ccc(Br)c(F)c3)[nH]2)ccc1Cl. The van der Waals surface area contributed by atoms with Gasteiger partial charge in [-0.2, -0.15) is 0 Å². The number of benzene rings is 2. The first-order chi connectivity index (χ1) is 16.4. The quantitative estimate of drug-likeness (QED) is 0.138. The van der Waals surface area contributed by atoms with E-state index >= 15 is 0 Å². The Kier molecular flexibility index (Phi) is 9.95. The van der Waals surface area contributed by atoms with Crippen LogP contribution in [0.15, 0.2) is 75.9 Å². The minimum atomic E-state index is -0.331. The summed E-state index contributed by atoms with van der Waals surface area (Å²) in [4.78, 5) is 20.6. The number of allylic oxidation sites excluding steroid dienone is 3. The Hall–Kier alpha value is -2.39. The lowest BCUT2D eigenvalue weighted by Gasteiger charge is -2.08. The fraction of sp³-hybridized carbons (Fsp3) is 0.200. The Morgan fingerprint density at radius 1 is 1.24 bits per heavy atom. The van der Waals surface area contributed by atoms with E-state index in [-0.39, 0.29) is 11.7 Å². The molecular weight excluding hydrogens is 539 g/mol. The summed E-state index contributed by atoms with van der Waals surface area (Å²) in [7, 11) is 0. The summed E-state index contributed by atoms with van der Waals surface area (Å²) in [6.07, 6.45) is 8.39. The average Bonchev–Trinajstić information content (AvgIpc) is 3.31. The van der Waals surface area contributed by atoms with Crippen LogP contribution in [-0.2, 0) is 4.79 Å². The highest BCUT2D eigenvalue weighted by molar-refractivity contribution is 9.10. The first kappa shape index (κ1) is 26.2. The molecule has 0 aliphatic rings. The van der Waals surface area contributed by atoms with Crippen molar-refractivity contribution in [3.63, 3.8) is 0 Å². The van der Waals surface area contributed by atoms with Crippen LogP contribution in [0.2, 0.25) is 5.02 Å². The molecule has 0 fully saturated rings. The molecule has 3 N–H and O–H groups in total. The highest BCUT2D eigenvalue weighted by atomic mass is 79.9. The maximum atomic E-state index is 13.9. The van der Waals surface area contributed by atoms with Crippen molar-refractivity contribution in [2.45, 2.75) is 31.6 Å². The number of carbonyl (C=O) groups is 1. The Balaban J connectivity index is 1.56. The van der Waals surface area contributed by atoms with Gasteiger partial charge in [-0.3, -0.25) is 9.52 Å². The lowest BCUT2D eigenvalue weighted by Crippen LogP contribution is -2.22. The molecule has 0 saturated heterocycles. The third kappa shape index (κ3) is 7.30. The third-order valence-electron chi connectivity index (χ3n) is 4.82. The molecule has 0 spiro atoms. The zero-order chi connectivity index (χ0) is 24.5. The minimum Gasteiger partial charge on any atom is -0.338 e. The predicted octanol–water partition coefficient (Wildman–Crippen LogP) is 7.27. The summed E-state index contributed by atoms with van der Waals surface area (Å²) in [6.45, 7) is 4.44. The van der Waals surface area contributed by atoms with Gasteiger partial charge in [0.15, 0.2) is 0 Å². The second-order valence-corrected chi connectivity index (χ2v) is 9.51. The average molecular weight is 564 g/mol. The van der Waals surface area contributed by atoms with E-state index < -0.39 is 0 Å². The molecule has 0 unspecified atom stereocenters. The van der Waals surface area contributed by atoms with Crippen molar-refractivity contribution in [1.29, 1.82) is 0 Å². The van der Waals surface area contributed by atoms with Crippen LogP contribution < -0.4 is 10.0 Å². The number of hydrogen-bond donors (Lipinski definition) is 3. The summed E-state index contributed by atoms with van der Waals surface area (Å²) >= 11 is 10.9.